The third-order valence-corrected chi connectivity index (χ3v) is 2.07. The minimum atomic E-state index is 0.883. The number of rotatable bonds is 3. The molecule has 3 heteroatoms. The summed E-state index contributed by atoms with van der Waals surface area (Å²) in [5.41, 5.74) is 0.965. The Balaban J connectivity index is 1.89. The van der Waals surface area contributed by atoms with Crippen molar-refractivity contribution < 1.29 is 0 Å². The van der Waals surface area contributed by atoms with Gasteiger partial charge in [-0.15, -0.1) is 5.10 Å². The van der Waals surface area contributed by atoms with E-state index in [4.69, 9.17) is 0 Å². The third kappa shape index (κ3) is 1.94. The predicted molar refractivity (Wildman–Crippen MR) is 48.0 cm³/mol. The van der Waals surface area contributed by atoms with Gasteiger partial charge in [0.15, 0.2) is 0 Å². The molecule has 1 aromatic heterocycles. The fourth-order valence-electron chi connectivity index (χ4n) is 1.06. The van der Waals surface area contributed by atoms with E-state index in [0.717, 1.165) is 24.0 Å². The molecule has 3 nitrogen and oxygen atoms in total. The molecule has 1 aliphatic rings. The molecule has 1 aliphatic carbocycles. The minimum Gasteiger partial charge on any atom is -0.368 e. The Hall–Kier alpha value is -1.12. The van der Waals surface area contributed by atoms with Crippen LogP contribution < -0.4 is 5.32 Å². The van der Waals surface area contributed by atoms with Crippen molar-refractivity contribution in [2.45, 2.75) is 19.8 Å². The first kappa shape index (κ1) is 7.53. The molecular formula is C9H13N3. The molecule has 2 rings (SSSR count). The van der Waals surface area contributed by atoms with Gasteiger partial charge >= 0.3 is 0 Å². The Bertz CT molecular complexity index is 251. The first-order valence-corrected chi connectivity index (χ1v) is 4.39. The summed E-state index contributed by atoms with van der Waals surface area (Å²) in [5, 5.41) is 11.2. The summed E-state index contributed by atoms with van der Waals surface area (Å²) in [4.78, 5) is 0. The molecule has 0 atom stereocenters. The molecule has 0 aliphatic heterocycles. The van der Waals surface area contributed by atoms with Crippen LogP contribution in [-0.4, -0.2) is 16.7 Å². The molecule has 12 heavy (non-hydrogen) atoms. The van der Waals surface area contributed by atoms with Crippen LogP contribution in [0.1, 0.15) is 18.5 Å². The van der Waals surface area contributed by atoms with Gasteiger partial charge in [0.2, 0.25) is 0 Å². The van der Waals surface area contributed by atoms with Gasteiger partial charge in [-0.3, -0.25) is 0 Å². The van der Waals surface area contributed by atoms with Crippen molar-refractivity contribution in [2.24, 2.45) is 5.92 Å². The van der Waals surface area contributed by atoms with Crippen molar-refractivity contribution in [3.05, 3.63) is 17.8 Å². The van der Waals surface area contributed by atoms with E-state index in [1.807, 2.05) is 19.1 Å². The molecule has 0 spiro atoms. The maximum Gasteiger partial charge on any atom is 0.148 e. The zero-order valence-electron chi connectivity index (χ0n) is 7.25. The second kappa shape index (κ2) is 3.09. The lowest BCUT2D eigenvalue weighted by atomic mass is 10.4. The quantitative estimate of drug-likeness (QED) is 0.735. The topological polar surface area (TPSA) is 37.8 Å². The highest BCUT2D eigenvalue weighted by Crippen LogP contribution is 2.28. The summed E-state index contributed by atoms with van der Waals surface area (Å²) in [6, 6.07) is 3.95. The van der Waals surface area contributed by atoms with Crippen LogP contribution >= 0.6 is 0 Å². The molecule has 1 heterocycles. The highest BCUT2D eigenvalue weighted by atomic mass is 15.2. The second-order valence-corrected chi connectivity index (χ2v) is 3.38. The maximum absolute atomic E-state index is 4.02. The molecule has 0 saturated heterocycles. The van der Waals surface area contributed by atoms with Crippen LogP contribution in [0.3, 0.4) is 0 Å². The third-order valence-electron chi connectivity index (χ3n) is 2.07. The number of nitrogens with one attached hydrogen (secondary N) is 1. The average molecular weight is 163 g/mol. The number of nitrogens with zero attached hydrogens (tertiary/aromatic N) is 2. The van der Waals surface area contributed by atoms with E-state index in [1.54, 1.807) is 0 Å². The predicted octanol–water partition coefficient (Wildman–Crippen LogP) is 1.61. The van der Waals surface area contributed by atoms with Crippen molar-refractivity contribution in [2.75, 3.05) is 11.9 Å². The lowest BCUT2D eigenvalue weighted by Crippen LogP contribution is -2.05. The van der Waals surface area contributed by atoms with E-state index in [-0.39, 0.29) is 0 Å². The van der Waals surface area contributed by atoms with Gasteiger partial charge in [0.1, 0.15) is 5.82 Å². The van der Waals surface area contributed by atoms with Gasteiger partial charge in [-0.1, -0.05) is 0 Å². The fourth-order valence-corrected chi connectivity index (χ4v) is 1.06. The summed E-state index contributed by atoms with van der Waals surface area (Å²) in [6.07, 6.45) is 2.73. The first-order valence-electron chi connectivity index (χ1n) is 4.39. The Morgan fingerprint density at radius 1 is 1.42 bits per heavy atom. The molecule has 0 radical (unpaired) electrons. The summed E-state index contributed by atoms with van der Waals surface area (Å²) in [5.74, 6) is 1.78. The van der Waals surface area contributed by atoms with Crippen LogP contribution in [-0.2, 0) is 0 Å². The summed E-state index contributed by atoms with van der Waals surface area (Å²) in [6.45, 7) is 3.00. The molecular weight excluding hydrogens is 150 g/mol. The SMILES string of the molecule is Cc1ccc(NCC2CC2)nn1. The molecule has 0 amide bonds. The lowest BCUT2D eigenvalue weighted by Gasteiger charge is -2.02. The monoisotopic (exact) mass is 163 g/mol. The highest BCUT2D eigenvalue weighted by molar-refractivity contribution is 5.32. The second-order valence-electron chi connectivity index (χ2n) is 3.38. The molecule has 0 bridgehead atoms. The Kier molecular flexibility index (Phi) is 1.94. The van der Waals surface area contributed by atoms with Crippen molar-refractivity contribution >= 4 is 5.82 Å². The highest BCUT2D eigenvalue weighted by Gasteiger charge is 2.20. The molecule has 1 fully saturated rings. The van der Waals surface area contributed by atoms with Crippen molar-refractivity contribution in [3.8, 4) is 0 Å². The normalized spacial score (nSPS) is 16.1. The van der Waals surface area contributed by atoms with Crippen LogP contribution in [0, 0.1) is 12.8 Å². The van der Waals surface area contributed by atoms with E-state index >= 15 is 0 Å². The maximum atomic E-state index is 4.02. The van der Waals surface area contributed by atoms with Crippen molar-refractivity contribution in [1.82, 2.24) is 10.2 Å². The van der Waals surface area contributed by atoms with E-state index in [9.17, 15) is 0 Å². The number of aryl methyl sites for hydroxylation is 1. The zero-order valence-corrected chi connectivity index (χ0v) is 7.25. The van der Waals surface area contributed by atoms with Crippen molar-refractivity contribution in [1.29, 1.82) is 0 Å². The van der Waals surface area contributed by atoms with Gasteiger partial charge in [-0.05, 0) is 37.8 Å². The zero-order chi connectivity index (χ0) is 8.39. The van der Waals surface area contributed by atoms with Crippen LogP contribution in [0.15, 0.2) is 12.1 Å². The van der Waals surface area contributed by atoms with Gasteiger partial charge < -0.3 is 5.32 Å². The van der Waals surface area contributed by atoms with Gasteiger partial charge in [0.25, 0.3) is 0 Å². The largest absolute Gasteiger partial charge is 0.368 e. The van der Waals surface area contributed by atoms with Gasteiger partial charge in [-0.25, -0.2) is 0 Å². The Labute approximate surface area is 72.2 Å². The molecule has 0 aromatic carbocycles. The summed E-state index contributed by atoms with van der Waals surface area (Å²) in [7, 11) is 0. The van der Waals surface area contributed by atoms with E-state index in [0.29, 0.717) is 0 Å². The first-order chi connectivity index (χ1) is 5.84. The molecule has 64 valence electrons. The molecule has 0 unspecified atom stereocenters. The average Bonchev–Trinajstić information content (AvgIpc) is 2.87. The number of anilines is 1. The minimum absolute atomic E-state index is 0.883. The molecule has 1 saturated carbocycles. The van der Waals surface area contributed by atoms with E-state index < -0.39 is 0 Å². The van der Waals surface area contributed by atoms with Crippen LogP contribution in [0.25, 0.3) is 0 Å². The van der Waals surface area contributed by atoms with Crippen LogP contribution in [0.2, 0.25) is 0 Å². The van der Waals surface area contributed by atoms with Gasteiger partial charge in [0, 0.05) is 6.54 Å². The Morgan fingerprint density at radius 3 is 2.83 bits per heavy atom. The smallest absolute Gasteiger partial charge is 0.148 e. The summed E-state index contributed by atoms with van der Waals surface area (Å²) >= 11 is 0. The van der Waals surface area contributed by atoms with Crippen molar-refractivity contribution in [3.63, 3.8) is 0 Å². The molecule has 1 N–H and O–H groups in total. The van der Waals surface area contributed by atoms with E-state index in [1.165, 1.54) is 12.8 Å². The fraction of sp³-hybridized carbons (Fsp3) is 0.556. The van der Waals surface area contributed by atoms with Crippen LogP contribution in [0.4, 0.5) is 5.82 Å². The molecule has 1 aromatic rings. The lowest BCUT2D eigenvalue weighted by molar-refractivity contribution is 0.869. The van der Waals surface area contributed by atoms with Crippen LogP contribution in [0.5, 0.6) is 0 Å². The number of hydrogen-bond acceptors (Lipinski definition) is 3. The van der Waals surface area contributed by atoms with Gasteiger partial charge in [0.05, 0.1) is 5.69 Å². The van der Waals surface area contributed by atoms with E-state index in [2.05, 4.69) is 15.5 Å². The number of aromatic nitrogens is 2. The standard InChI is InChI=1S/C9H13N3/c1-7-2-5-9(12-11-7)10-6-8-3-4-8/h2,5,8H,3-4,6H2,1H3,(H,10,12). The Morgan fingerprint density at radius 2 is 2.25 bits per heavy atom. The number of hydrogen-bond donors (Lipinski definition) is 1. The summed E-state index contributed by atoms with van der Waals surface area (Å²) < 4.78 is 0. The van der Waals surface area contributed by atoms with Gasteiger partial charge in [-0.2, -0.15) is 5.10 Å².